The zero-order valence-electron chi connectivity index (χ0n) is 30.3. The molecule has 0 bridgehead atoms. The molecule has 0 spiro atoms. The molecule has 0 heteroatoms. The lowest BCUT2D eigenvalue weighted by molar-refractivity contribution is 0.769. The van der Waals surface area contributed by atoms with Crippen LogP contribution in [0.5, 0.6) is 0 Å². The van der Waals surface area contributed by atoms with Crippen LogP contribution in [0, 0.1) is 0 Å². The number of hydrogen-bond acceptors (Lipinski definition) is 0. The second-order valence-electron chi connectivity index (χ2n) is 14.8. The van der Waals surface area contributed by atoms with Crippen LogP contribution in [-0.2, 0) is 5.41 Å². The molecule has 0 saturated heterocycles. The maximum Gasteiger partial charge on any atom is 0.0713 e. The summed E-state index contributed by atoms with van der Waals surface area (Å²) in [6, 6.07) is 81.0. The van der Waals surface area contributed by atoms with Gasteiger partial charge in [-0.05, 0) is 123 Å². The van der Waals surface area contributed by atoms with E-state index in [0.29, 0.717) is 0 Å². The van der Waals surface area contributed by atoms with Crippen molar-refractivity contribution in [3.8, 4) is 44.5 Å². The van der Waals surface area contributed by atoms with Gasteiger partial charge in [0.2, 0.25) is 0 Å². The summed E-state index contributed by atoms with van der Waals surface area (Å²) in [4.78, 5) is 0. The zero-order chi connectivity index (χ0) is 36.3. The normalized spacial score (nSPS) is 12.9. The molecular formula is C55H36. The first-order valence-electron chi connectivity index (χ1n) is 19.2. The highest BCUT2D eigenvalue weighted by Crippen LogP contribution is 2.57. The molecule has 10 aromatic carbocycles. The Morgan fingerprint density at radius 2 is 0.709 bits per heavy atom. The Balaban J connectivity index is 1.18. The Morgan fingerprint density at radius 1 is 0.236 bits per heavy atom. The van der Waals surface area contributed by atoms with Crippen LogP contribution in [0.25, 0.3) is 76.8 Å². The predicted octanol–water partition coefficient (Wildman–Crippen LogP) is 14.5. The van der Waals surface area contributed by atoms with Crippen molar-refractivity contribution in [2.24, 2.45) is 0 Å². The van der Waals surface area contributed by atoms with Crippen molar-refractivity contribution in [3.63, 3.8) is 0 Å². The van der Waals surface area contributed by atoms with Crippen LogP contribution in [0.1, 0.15) is 22.3 Å². The monoisotopic (exact) mass is 696 g/mol. The molecule has 55 heavy (non-hydrogen) atoms. The van der Waals surface area contributed by atoms with Crippen LogP contribution in [-0.4, -0.2) is 0 Å². The van der Waals surface area contributed by atoms with Crippen LogP contribution < -0.4 is 0 Å². The molecule has 0 atom stereocenters. The van der Waals surface area contributed by atoms with E-state index < -0.39 is 5.41 Å². The molecule has 1 aliphatic rings. The lowest BCUT2D eigenvalue weighted by atomic mass is 9.67. The average Bonchev–Trinajstić information content (AvgIpc) is 3.55. The van der Waals surface area contributed by atoms with Crippen molar-refractivity contribution < 1.29 is 0 Å². The van der Waals surface area contributed by atoms with Crippen LogP contribution in [0.4, 0.5) is 0 Å². The Kier molecular flexibility index (Phi) is 7.19. The summed E-state index contributed by atoms with van der Waals surface area (Å²) < 4.78 is 0. The van der Waals surface area contributed by atoms with E-state index in [1.807, 2.05) is 0 Å². The van der Waals surface area contributed by atoms with Gasteiger partial charge < -0.3 is 0 Å². The second-order valence-corrected chi connectivity index (χ2v) is 14.8. The number of hydrogen-bond donors (Lipinski definition) is 0. The van der Waals surface area contributed by atoms with Gasteiger partial charge in [0.15, 0.2) is 0 Å². The number of fused-ring (bicyclic) bond motifs is 6. The third kappa shape index (κ3) is 4.92. The summed E-state index contributed by atoms with van der Waals surface area (Å²) in [5, 5.41) is 7.54. The van der Waals surface area contributed by atoms with Crippen molar-refractivity contribution in [3.05, 3.63) is 241 Å². The Morgan fingerprint density at radius 3 is 1.36 bits per heavy atom. The van der Waals surface area contributed by atoms with E-state index in [1.54, 1.807) is 0 Å². The molecule has 11 rings (SSSR count). The molecule has 1 aliphatic carbocycles. The SMILES string of the molecule is c1ccc(C2(c3ccccc3)c3ccccc3-c3cc4c(-c5ccc6ccccc6c5)ccc(-c5ccc(-c6ccc7ccccc7c6)cc5)c4cc32)cc1. The van der Waals surface area contributed by atoms with Gasteiger partial charge in [-0.2, -0.15) is 0 Å². The lowest BCUT2D eigenvalue weighted by Crippen LogP contribution is -2.28. The molecule has 0 aromatic heterocycles. The molecule has 0 aliphatic heterocycles. The Bertz CT molecular complexity index is 3020. The minimum Gasteiger partial charge on any atom is -0.0622 e. The molecule has 0 unspecified atom stereocenters. The Labute approximate surface area is 321 Å². The minimum atomic E-state index is -0.473. The minimum absolute atomic E-state index is 0.473. The lowest BCUT2D eigenvalue weighted by Gasteiger charge is -2.34. The first-order chi connectivity index (χ1) is 27.3. The van der Waals surface area contributed by atoms with E-state index in [2.05, 4.69) is 218 Å². The van der Waals surface area contributed by atoms with Gasteiger partial charge >= 0.3 is 0 Å². The third-order valence-corrected chi connectivity index (χ3v) is 11.9. The molecule has 10 aromatic rings. The summed E-state index contributed by atoms with van der Waals surface area (Å²) >= 11 is 0. The molecule has 256 valence electrons. The topological polar surface area (TPSA) is 0 Å². The van der Waals surface area contributed by atoms with Crippen molar-refractivity contribution in [1.82, 2.24) is 0 Å². The third-order valence-electron chi connectivity index (χ3n) is 11.9. The fourth-order valence-electron chi connectivity index (χ4n) is 9.35. The molecule has 0 heterocycles. The molecule has 0 radical (unpaired) electrons. The predicted molar refractivity (Wildman–Crippen MR) is 233 cm³/mol. The second kappa shape index (κ2) is 12.5. The summed E-state index contributed by atoms with van der Waals surface area (Å²) in [7, 11) is 0. The highest BCUT2D eigenvalue weighted by atomic mass is 14.5. The highest BCUT2D eigenvalue weighted by molar-refractivity contribution is 6.09. The molecule has 0 nitrogen and oxygen atoms in total. The van der Waals surface area contributed by atoms with Crippen LogP contribution >= 0.6 is 0 Å². The summed E-state index contributed by atoms with van der Waals surface area (Å²) in [5.41, 5.74) is 14.7. The van der Waals surface area contributed by atoms with E-state index >= 15 is 0 Å². The van der Waals surface area contributed by atoms with Gasteiger partial charge in [0.1, 0.15) is 0 Å². The van der Waals surface area contributed by atoms with Gasteiger partial charge in [-0.25, -0.2) is 0 Å². The number of rotatable bonds is 5. The van der Waals surface area contributed by atoms with Crippen LogP contribution in [0.15, 0.2) is 218 Å². The van der Waals surface area contributed by atoms with Gasteiger partial charge in [-0.3, -0.25) is 0 Å². The van der Waals surface area contributed by atoms with Gasteiger partial charge in [0.05, 0.1) is 5.41 Å². The maximum absolute atomic E-state index is 2.53. The summed E-state index contributed by atoms with van der Waals surface area (Å²) in [5.74, 6) is 0. The fourth-order valence-corrected chi connectivity index (χ4v) is 9.35. The summed E-state index contributed by atoms with van der Waals surface area (Å²) in [6.45, 7) is 0. The number of benzene rings is 10. The molecular weight excluding hydrogens is 661 g/mol. The van der Waals surface area contributed by atoms with E-state index in [1.165, 1.54) is 99.1 Å². The van der Waals surface area contributed by atoms with Gasteiger partial charge in [-0.15, -0.1) is 0 Å². The van der Waals surface area contributed by atoms with Crippen molar-refractivity contribution >= 4 is 32.3 Å². The smallest absolute Gasteiger partial charge is 0.0622 e. The average molecular weight is 697 g/mol. The molecule has 0 fully saturated rings. The van der Waals surface area contributed by atoms with E-state index in [0.717, 1.165) is 0 Å². The van der Waals surface area contributed by atoms with E-state index in [-0.39, 0.29) is 0 Å². The maximum atomic E-state index is 2.53. The van der Waals surface area contributed by atoms with Gasteiger partial charge in [0.25, 0.3) is 0 Å². The highest BCUT2D eigenvalue weighted by Gasteiger charge is 2.46. The van der Waals surface area contributed by atoms with E-state index in [4.69, 9.17) is 0 Å². The molecule has 0 N–H and O–H groups in total. The molecule has 0 amide bonds. The van der Waals surface area contributed by atoms with Crippen LogP contribution in [0.3, 0.4) is 0 Å². The zero-order valence-corrected chi connectivity index (χ0v) is 30.3. The van der Waals surface area contributed by atoms with E-state index in [9.17, 15) is 0 Å². The van der Waals surface area contributed by atoms with Crippen molar-refractivity contribution in [2.45, 2.75) is 5.41 Å². The van der Waals surface area contributed by atoms with Crippen molar-refractivity contribution in [1.29, 1.82) is 0 Å². The fraction of sp³-hybridized carbons (Fsp3) is 0.0182. The standard InChI is InChI=1S/C55H36/c1-3-17-45(18-4-1)55(46-19-5-2-6-20-46)53-22-12-11-21-49(53)52-35-50-48(44-30-26-38-14-8-10-16-42(38)34-44)32-31-47(51(50)36-54(52)55)40-27-23-39(24-28-40)43-29-25-37-13-7-9-15-41(37)33-43/h1-36H. The largest absolute Gasteiger partial charge is 0.0713 e. The quantitative estimate of drug-likeness (QED) is 0.168. The van der Waals surface area contributed by atoms with Crippen LogP contribution in [0.2, 0.25) is 0 Å². The first kappa shape index (κ1) is 31.5. The Hall–Kier alpha value is -7.02. The van der Waals surface area contributed by atoms with Gasteiger partial charge in [0, 0.05) is 0 Å². The van der Waals surface area contributed by atoms with Gasteiger partial charge in [-0.1, -0.05) is 194 Å². The molecule has 0 saturated carbocycles. The summed E-state index contributed by atoms with van der Waals surface area (Å²) in [6.07, 6.45) is 0. The first-order valence-corrected chi connectivity index (χ1v) is 19.2. The van der Waals surface area contributed by atoms with Crippen molar-refractivity contribution in [2.75, 3.05) is 0 Å².